The van der Waals surface area contributed by atoms with E-state index in [2.05, 4.69) is 12.2 Å². The summed E-state index contributed by atoms with van der Waals surface area (Å²) in [6.07, 6.45) is 7.39. The second-order valence-electron chi connectivity index (χ2n) is 5.83. The predicted octanol–water partition coefficient (Wildman–Crippen LogP) is 2.09. The molecule has 3 aliphatic carbocycles. The second-order valence-corrected chi connectivity index (χ2v) is 5.83. The van der Waals surface area contributed by atoms with Crippen LogP contribution >= 0.6 is 0 Å². The highest BCUT2D eigenvalue weighted by Gasteiger charge is 2.48. The van der Waals surface area contributed by atoms with Gasteiger partial charge in [0.2, 0.25) is 5.91 Å². The highest BCUT2D eigenvalue weighted by Crippen LogP contribution is 2.54. The van der Waals surface area contributed by atoms with Gasteiger partial charge in [-0.3, -0.25) is 4.79 Å². The Bertz CT molecular complexity index is 259. The second kappa shape index (κ2) is 2.74. The number of fused-ring (bicyclic) bond motifs is 1. The average molecular weight is 193 g/mol. The van der Waals surface area contributed by atoms with Crippen LogP contribution in [0.25, 0.3) is 0 Å². The van der Waals surface area contributed by atoms with Gasteiger partial charge in [0, 0.05) is 11.5 Å². The van der Waals surface area contributed by atoms with Crippen LogP contribution in [0.2, 0.25) is 0 Å². The van der Waals surface area contributed by atoms with Gasteiger partial charge in [-0.05, 0) is 57.3 Å². The molecule has 3 aliphatic rings. The molecule has 2 atom stereocenters. The molecule has 0 radical (unpaired) electrons. The summed E-state index contributed by atoms with van der Waals surface area (Å²) in [6.45, 7) is 2.18. The molecule has 0 aromatic carbocycles. The smallest absolute Gasteiger partial charge is 0.223 e. The molecular formula is C12H19NO. The van der Waals surface area contributed by atoms with Crippen LogP contribution in [0.4, 0.5) is 0 Å². The number of hydrogen-bond donors (Lipinski definition) is 1. The maximum atomic E-state index is 11.9. The third-order valence-corrected chi connectivity index (χ3v) is 4.50. The van der Waals surface area contributed by atoms with Crippen molar-refractivity contribution in [1.29, 1.82) is 0 Å². The molecule has 0 heterocycles. The maximum absolute atomic E-state index is 11.9. The Morgan fingerprint density at radius 2 is 1.86 bits per heavy atom. The summed E-state index contributed by atoms with van der Waals surface area (Å²) < 4.78 is 0. The number of nitrogens with one attached hydrogen (secondary N) is 1. The molecular weight excluding hydrogens is 174 g/mol. The van der Waals surface area contributed by atoms with Crippen LogP contribution in [0.3, 0.4) is 0 Å². The highest BCUT2D eigenvalue weighted by atomic mass is 16.2. The van der Waals surface area contributed by atoms with E-state index in [0.717, 1.165) is 11.8 Å². The Balaban J connectivity index is 1.55. The zero-order valence-corrected chi connectivity index (χ0v) is 8.88. The third-order valence-electron chi connectivity index (χ3n) is 4.50. The van der Waals surface area contributed by atoms with Gasteiger partial charge in [-0.2, -0.15) is 0 Å². The Labute approximate surface area is 85.4 Å². The largest absolute Gasteiger partial charge is 0.351 e. The van der Waals surface area contributed by atoms with Gasteiger partial charge in [0.25, 0.3) is 0 Å². The van der Waals surface area contributed by atoms with Gasteiger partial charge in [-0.25, -0.2) is 0 Å². The maximum Gasteiger partial charge on any atom is 0.223 e. The van der Waals surface area contributed by atoms with Gasteiger partial charge in [-0.1, -0.05) is 0 Å². The van der Waals surface area contributed by atoms with Gasteiger partial charge < -0.3 is 5.32 Å². The van der Waals surface area contributed by atoms with Crippen molar-refractivity contribution >= 4 is 5.91 Å². The van der Waals surface area contributed by atoms with E-state index in [1.807, 2.05) is 0 Å². The van der Waals surface area contributed by atoms with E-state index in [9.17, 15) is 4.79 Å². The van der Waals surface area contributed by atoms with Gasteiger partial charge in [-0.15, -0.1) is 0 Å². The van der Waals surface area contributed by atoms with E-state index in [1.54, 1.807) is 0 Å². The third kappa shape index (κ3) is 1.35. The van der Waals surface area contributed by atoms with Crippen molar-refractivity contribution in [3.63, 3.8) is 0 Å². The zero-order valence-electron chi connectivity index (χ0n) is 8.88. The van der Waals surface area contributed by atoms with Crippen LogP contribution in [0.1, 0.15) is 45.4 Å². The lowest BCUT2D eigenvalue weighted by atomic mass is 9.78. The number of rotatable bonds is 2. The first kappa shape index (κ1) is 8.75. The molecule has 3 rings (SSSR count). The highest BCUT2D eigenvalue weighted by molar-refractivity contribution is 5.80. The Kier molecular flexibility index (Phi) is 1.71. The van der Waals surface area contributed by atoms with Gasteiger partial charge >= 0.3 is 0 Å². The van der Waals surface area contributed by atoms with E-state index in [4.69, 9.17) is 0 Å². The molecule has 1 N–H and O–H groups in total. The van der Waals surface area contributed by atoms with Crippen molar-refractivity contribution in [3.05, 3.63) is 0 Å². The minimum atomic E-state index is 0.157. The zero-order chi connectivity index (χ0) is 9.76. The molecule has 3 saturated carbocycles. The minimum absolute atomic E-state index is 0.157. The molecule has 2 nitrogen and oxygen atoms in total. The molecule has 0 saturated heterocycles. The number of carbonyl (C=O) groups is 1. The molecule has 0 aromatic rings. The molecule has 3 fully saturated rings. The first-order valence-corrected chi connectivity index (χ1v) is 5.98. The van der Waals surface area contributed by atoms with E-state index >= 15 is 0 Å². The topological polar surface area (TPSA) is 29.1 Å². The normalized spacial score (nSPS) is 42.5. The quantitative estimate of drug-likeness (QED) is 0.715. The molecule has 14 heavy (non-hydrogen) atoms. The average Bonchev–Trinajstić information content (AvgIpc) is 2.71. The fourth-order valence-corrected chi connectivity index (χ4v) is 3.16. The molecule has 0 spiro atoms. The number of hydrogen-bond acceptors (Lipinski definition) is 1. The van der Waals surface area contributed by atoms with Gasteiger partial charge in [0.05, 0.1) is 0 Å². The summed E-state index contributed by atoms with van der Waals surface area (Å²) in [7, 11) is 0. The first-order chi connectivity index (χ1) is 6.66. The molecule has 1 amide bonds. The van der Waals surface area contributed by atoms with Crippen LogP contribution in [0.15, 0.2) is 0 Å². The van der Waals surface area contributed by atoms with Crippen molar-refractivity contribution in [2.75, 3.05) is 0 Å². The monoisotopic (exact) mass is 193 g/mol. The van der Waals surface area contributed by atoms with E-state index in [0.29, 0.717) is 11.8 Å². The van der Waals surface area contributed by atoms with Crippen molar-refractivity contribution in [3.8, 4) is 0 Å². The fraction of sp³-hybridized carbons (Fsp3) is 0.917. The standard InChI is InChI=1S/C12H19NO/c1-12(3-2-4-12)13-11(14)10-6-8-5-9(8)7-10/h8-10H,2-7H2,1H3,(H,13,14). The molecule has 0 aliphatic heterocycles. The molecule has 2 unspecified atom stereocenters. The van der Waals surface area contributed by atoms with Crippen LogP contribution < -0.4 is 5.32 Å². The predicted molar refractivity (Wildman–Crippen MR) is 54.7 cm³/mol. The Morgan fingerprint density at radius 1 is 1.21 bits per heavy atom. The molecule has 78 valence electrons. The van der Waals surface area contributed by atoms with Gasteiger partial charge in [0.15, 0.2) is 0 Å². The molecule has 0 aromatic heterocycles. The van der Waals surface area contributed by atoms with E-state index in [-0.39, 0.29) is 5.54 Å². The van der Waals surface area contributed by atoms with Gasteiger partial charge in [0.1, 0.15) is 0 Å². The lowest BCUT2D eigenvalue weighted by Gasteiger charge is -2.40. The number of amides is 1. The van der Waals surface area contributed by atoms with Crippen molar-refractivity contribution in [1.82, 2.24) is 5.32 Å². The van der Waals surface area contributed by atoms with Crippen molar-refractivity contribution in [2.24, 2.45) is 17.8 Å². The summed E-state index contributed by atoms with van der Waals surface area (Å²) >= 11 is 0. The van der Waals surface area contributed by atoms with Crippen LogP contribution in [0.5, 0.6) is 0 Å². The van der Waals surface area contributed by atoms with E-state index in [1.165, 1.54) is 38.5 Å². The lowest BCUT2D eigenvalue weighted by Crippen LogP contribution is -2.52. The Hall–Kier alpha value is -0.530. The fourth-order valence-electron chi connectivity index (χ4n) is 3.16. The number of carbonyl (C=O) groups excluding carboxylic acids is 1. The van der Waals surface area contributed by atoms with E-state index < -0.39 is 0 Å². The SMILES string of the molecule is CC1(NC(=O)C2CC3CC3C2)CCC1. The summed E-state index contributed by atoms with van der Waals surface area (Å²) in [4.78, 5) is 11.9. The summed E-state index contributed by atoms with van der Waals surface area (Å²) in [6, 6.07) is 0. The molecule has 0 bridgehead atoms. The Morgan fingerprint density at radius 3 is 2.36 bits per heavy atom. The van der Waals surface area contributed by atoms with Crippen molar-refractivity contribution in [2.45, 2.75) is 51.0 Å². The minimum Gasteiger partial charge on any atom is -0.351 e. The summed E-state index contributed by atoms with van der Waals surface area (Å²) in [5, 5.41) is 3.24. The summed E-state index contributed by atoms with van der Waals surface area (Å²) in [5.41, 5.74) is 0.157. The summed E-state index contributed by atoms with van der Waals surface area (Å²) in [5.74, 6) is 2.54. The van der Waals surface area contributed by atoms with Crippen LogP contribution in [0, 0.1) is 17.8 Å². The van der Waals surface area contributed by atoms with Crippen molar-refractivity contribution < 1.29 is 4.79 Å². The van der Waals surface area contributed by atoms with Crippen LogP contribution in [-0.2, 0) is 4.79 Å². The molecule has 2 heteroatoms. The van der Waals surface area contributed by atoms with Crippen LogP contribution in [-0.4, -0.2) is 11.4 Å². The lowest BCUT2D eigenvalue weighted by molar-refractivity contribution is -0.127. The first-order valence-electron chi connectivity index (χ1n) is 5.98.